The number of carboxylic acid groups (broad SMARTS) is 1. The van der Waals surface area contributed by atoms with Crippen molar-refractivity contribution < 1.29 is 9.90 Å². The summed E-state index contributed by atoms with van der Waals surface area (Å²) in [4.78, 5) is 13.0. The molecule has 1 rings (SSSR count). The highest BCUT2D eigenvalue weighted by atomic mass is 16.4. The van der Waals surface area contributed by atoms with E-state index in [0.717, 1.165) is 13.0 Å². The van der Waals surface area contributed by atoms with E-state index in [-0.39, 0.29) is 5.54 Å². The van der Waals surface area contributed by atoms with E-state index in [1.165, 1.54) is 32.4 Å². The lowest BCUT2D eigenvalue weighted by Crippen LogP contribution is -2.45. The minimum atomic E-state index is -0.932. The van der Waals surface area contributed by atoms with Gasteiger partial charge in [-0.15, -0.1) is 0 Å². The highest BCUT2D eigenvalue weighted by molar-refractivity contribution is 5.65. The highest BCUT2D eigenvalue weighted by Gasteiger charge is 2.21. The summed E-state index contributed by atoms with van der Waals surface area (Å²) < 4.78 is 0. The molecule has 0 bridgehead atoms. The maximum absolute atomic E-state index is 10.5. The molecule has 0 radical (unpaired) electrons. The number of nitrogens with zero attached hydrogens (tertiary/aromatic N) is 1. The largest absolute Gasteiger partial charge is 0.465 e. The first-order valence-corrected chi connectivity index (χ1v) is 5.73. The van der Waals surface area contributed by atoms with E-state index >= 15 is 0 Å². The van der Waals surface area contributed by atoms with Crippen LogP contribution in [0.15, 0.2) is 0 Å². The monoisotopic (exact) mass is 214 g/mol. The Hall–Kier alpha value is -0.770. The second-order valence-electron chi connectivity index (χ2n) is 4.97. The van der Waals surface area contributed by atoms with E-state index in [1.54, 1.807) is 0 Å². The Morgan fingerprint density at radius 3 is 2.47 bits per heavy atom. The summed E-state index contributed by atoms with van der Waals surface area (Å²) in [7, 11) is 0. The fourth-order valence-corrected chi connectivity index (χ4v) is 1.97. The lowest BCUT2D eigenvalue weighted by Gasteiger charge is -2.31. The molecule has 1 heterocycles. The van der Waals surface area contributed by atoms with Crippen LogP contribution in [0.3, 0.4) is 0 Å². The van der Waals surface area contributed by atoms with Gasteiger partial charge in [0.2, 0.25) is 0 Å². The van der Waals surface area contributed by atoms with Crippen LogP contribution in [0.2, 0.25) is 0 Å². The van der Waals surface area contributed by atoms with Crippen LogP contribution in [0.4, 0.5) is 4.79 Å². The zero-order chi connectivity index (χ0) is 11.3. The Labute approximate surface area is 91.6 Å². The van der Waals surface area contributed by atoms with Crippen molar-refractivity contribution in [2.75, 3.05) is 19.6 Å². The number of amides is 1. The van der Waals surface area contributed by atoms with E-state index < -0.39 is 6.09 Å². The second-order valence-corrected chi connectivity index (χ2v) is 4.97. The van der Waals surface area contributed by atoms with Crippen molar-refractivity contribution >= 4 is 6.09 Å². The van der Waals surface area contributed by atoms with Gasteiger partial charge >= 0.3 is 6.09 Å². The topological polar surface area (TPSA) is 52.6 Å². The normalized spacial score (nSPS) is 18.8. The van der Waals surface area contributed by atoms with Gasteiger partial charge < -0.3 is 15.3 Å². The number of rotatable bonds is 4. The molecule has 4 nitrogen and oxygen atoms in total. The summed E-state index contributed by atoms with van der Waals surface area (Å²) >= 11 is 0. The van der Waals surface area contributed by atoms with Crippen LogP contribution in [0.1, 0.15) is 39.5 Å². The Morgan fingerprint density at radius 2 is 1.93 bits per heavy atom. The third kappa shape index (κ3) is 5.02. The Balaban J connectivity index is 2.24. The quantitative estimate of drug-likeness (QED) is 0.751. The zero-order valence-electron chi connectivity index (χ0n) is 9.75. The van der Waals surface area contributed by atoms with Crippen LogP contribution >= 0.6 is 0 Å². The first-order chi connectivity index (χ1) is 6.99. The second kappa shape index (κ2) is 5.35. The van der Waals surface area contributed by atoms with E-state index in [0.29, 0.717) is 0 Å². The minimum absolute atomic E-state index is 0.316. The molecule has 1 fully saturated rings. The smallest absolute Gasteiger partial charge is 0.405 e. The minimum Gasteiger partial charge on any atom is -0.465 e. The number of nitrogens with one attached hydrogen (secondary N) is 1. The molecule has 0 aromatic carbocycles. The predicted molar refractivity (Wildman–Crippen MR) is 60.1 cm³/mol. The molecule has 0 spiro atoms. The van der Waals surface area contributed by atoms with E-state index in [2.05, 4.69) is 10.2 Å². The van der Waals surface area contributed by atoms with Gasteiger partial charge in [0.1, 0.15) is 0 Å². The highest BCUT2D eigenvalue weighted by Crippen LogP contribution is 2.13. The Morgan fingerprint density at radius 1 is 1.33 bits per heavy atom. The van der Waals surface area contributed by atoms with Crippen LogP contribution in [-0.4, -0.2) is 41.3 Å². The lowest BCUT2D eigenvalue weighted by molar-refractivity contribution is 0.169. The number of hydrogen-bond donors (Lipinski definition) is 2. The average Bonchev–Trinajstić information content (AvgIpc) is 2.15. The summed E-state index contributed by atoms with van der Waals surface area (Å²) in [6, 6.07) is 0. The third-order valence-electron chi connectivity index (χ3n) is 2.95. The molecule has 1 aliphatic heterocycles. The van der Waals surface area contributed by atoms with Gasteiger partial charge in [0.25, 0.3) is 0 Å². The van der Waals surface area contributed by atoms with Crippen LogP contribution < -0.4 is 5.32 Å². The fourth-order valence-electron chi connectivity index (χ4n) is 1.97. The maximum Gasteiger partial charge on any atom is 0.405 e. The molecule has 0 saturated carbocycles. The van der Waals surface area contributed by atoms with Gasteiger partial charge in [-0.25, -0.2) is 4.79 Å². The average molecular weight is 214 g/mol. The molecule has 2 N–H and O–H groups in total. The molecular weight excluding hydrogens is 192 g/mol. The molecule has 0 aromatic heterocycles. The Bertz CT molecular complexity index is 211. The van der Waals surface area contributed by atoms with Crippen molar-refractivity contribution in [2.24, 2.45) is 0 Å². The van der Waals surface area contributed by atoms with Gasteiger partial charge in [-0.3, -0.25) is 0 Å². The Kier molecular flexibility index (Phi) is 4.39. The number of likely N-dealkylation sites (tertiary alicyclic amines) is 1. The molecule has 88 valence electrons. The van der Waals surface area contributed by atoms with Crippen molar-refractivity contribution in [3.63, 3.8) is 0 Å². The van der Waals surface area contributed by atoms with Gasteiger partial charge in [-0.1, -0.05) is 6.42 Å². The molecule has 0 aromatic rings. The summed E-state index contributed by atoms with van der Waals surface area (Å²) in [5, 5.41) is 11.2. The molecule has 1 amide bonds. The van der Waals surface area contributed by atoms with Crippen molar-refractivity contribution in [1.29, 1.82) is 0 Å². The third-order valence-corrected chi connectivity index (χ3v) is 2.95. The van der Waals surface area contributed by atoms with Gasteiger partial charge in [0.05, 0.1) is 0 Å². The van der Waals surface area contributed by atoms with Gasteiger partial charge in [-0.2, -0.15) is 0 Å². The van der Waals surface area contributed by atoms with Crippen molar-refractivity contribution in [2.45, 2.75) is 45.1 Å². The van der Waals surface area contributed by atoms with E-state index in [4.69, 9.17) is 5.11 Å². The molecule has 0 unspecified atom stereocenters. The fraction of sp³-hybridized carbons (Fsp3) is 0.909. The van der Waals surface area contributed by atoms with Gasteiger partial charge in [0.15, 0.2) is 0 Å². The zero-order valence-corrected chi connectivity index (χ0v) is 9.75. The molecule has 15 heavy (non-hydrogen) atoms. The molecule has 1 aliphatic rings. The predicted octanol–water partition coefficient (Wildman–Crippen LogP) is 1.91. The van der Waals surface area contributed by atoms with Crippen LogP contribution in [-0.2, 0) is 0 Å². The lowest BCUT2D eigenvalue weighted by atomic mass is 10.00. The van der Waals surface area contributed by atoms with Crippen molar-refractivity contribution in [3.8, 4) is 0 Å². The number of carbonyl (C=O) groups is 1. The summed E-state index contributed by atoms with van der Waals surface area (Å²) in [6.07, 6.45) is 3.85. The van der Waals surface area contributed by atoms with Gasteiger partial charge in [-0.05, 0) is 46.2 Å². The van der Waals surface area contributed by atoms with E-state index in [9.17, 15) is 4.79 Å². The summed E-state index contributed by atoms with van der Waals surface area (Å²) in [6.45, 7) is 7.20. The number of piperidine rings is 1. The maximum atomic E-state index is 10.5. The molecule has 0 aliphatic carbocycles. The molecular formula is C11H22N2O2. The van der Waals surface area contributed by atoms with Crippen LogP contribution in [0.5, 0.6) is 0 Å². The van der Waals surface area contributed by atoms with E-state index in [1.807, 2.05) is 13.8 Å². The first kappa shape index (κ1) is 12.3. The van der Waals surface area contributed by atoms with Crippen LogP contribution in [0.25, 0.3) is 0 Å². The molecule has 1 saturated heterocycles. The SMILES string of the molecule is CC(C)(CCN1CCCCC1)NC(=O)O. The van der Waals surface area contributed by atoms with Crippen molar-refractivity contribution in [1.82, 2.24) is 10.2 Å². The van der Waals surface area contributed by atoms with Crippen LogP contribution in [0, 0.1) is 0 Å². The molecule has 0 atom stereocenters. The van der Waals surface area contributed by atoms with Gasteiger partial charge in [0, 0.05) is 12.1 Å². The first-order valence-electron chi connectivity index (χ1n) is 5.73. The number of hydrogen-bond acceptors (Lipinski definition) is 2. The van der Waals surface area contributed by atoms with Crippen molar-refractivity contribution in [3.05, 3.63) is 0 Å². The summed E-state index contributed by atoms with van der Waals surface area (Å²) in [5.74, 6) is 0. The standard InChI is InChI=1S/C11H22N2O2/c1-11(2,12-10(14)15)6-9-13-7-4-3-5-8-13/h12H,3-9H2,1-2H3,(H,14,15). The summed E-state index contributed by atoms with van der Waals surface area (Å²) in [5.41, 5.74) is -0.316. The molecule has 4 heteroatoms.